The summed E-state index contributed by atoms with van der Waals surface area (Å²) in [6.07, 6.45) is 3.66. The van der Waals surface area contributed by atoms with E-state index in [0.717, 1.165) is 13.1 Å². The van der Waals surface area contributed by atoms with Gasteiger partial charge >= 0.3 is 0 Å². The minimum atomic E-state index is -3.29. The van der Waals surface area contributed by atoms with Crippen molar-refractivity contribution in [3.8, 4) is 0 Å². The fourth-order valence-corrected chi connectivity index (χ4v) is 5.12. The van der Waals surface area contributed by atoms with Crippen molar-refractivity contribution < 1.29 is 8.42 Å². The first-order valence-electron chi connectivity index (χ1n) is 7.58. The summed E-state index contributed by atoms with van der Waals surface area (Å²) >= 11 is 0. The van der Waals surface area contributed by atoms with Crippen LogP contribution in [0.5, 0.6) is 0 Å². The molecule has 1 aliphatic carbocycles. The highest BCUT2D eigenvalue weighted by atomic mass is 32.2. The van der Waals surface area contributed by atoms with Gasteiger partial charge in [0.25, 0.3) is 0 Å². The number of hydrogen-bond donors (Lipinski definition) is 0. The first kappa shape index (κ1) is 14.1. The van der Waals surface area contributed by atoms with E-state index in [2.05, 4.69) is 13.8 Å². The Kier molecular flexibility index (Phi) is 3.63. The van der Waals surface area contributed by atoms with Crippen LogP contribution in [-0.4, -0.2) is 25.8 Å². The molecule has 0 bridgehead atoms. The summed E-state index contributed by atoms with van der Waals surface area (Å²) < 4.78 is 27.0. The van der Waals surface area contributed by atoms with Crippen LogP contribution in [0.1, 0.15) is 44.6 Å². The average Bonchev–Trinajstić information content (AvgIpc) is 2.99. The monoisotopic (exact) mass is 293 g/mol. The predicted octanol–water partition coefficient (Wildman–Crippen LogP) is 3.23. The van der Waals surface area contributed by atoms with E-state index in [9.17, 15) is 8.42 Å². The Labute approximate surface area is 122 Å². The van der Waals surface area contributed by atoms with Crippen molar-refractivity contribution in [2.45, 2.75) is 43.9 Å². The van der Waals surface area contributed by atoms with Gasteiger partial charge in [0.2, 0.25) is 10.0 Å². The predicted molar refractivity (Wildman–Crippen MR) is 80.1 cm³/mol. The summed E-state index contributed by atoms with van der Waals surface area (Å²) in [4.78, 5) is 0.446. The molecular formula is C16H23NO2S. The fraction of sp³-hybridized carbons (Fsp3) is 0.625. The zero-order valence-electron chi connectivity index (χ0n) is 12.2. The summed E-state index contributed by atoms with van der Waals surface area (Å²) in [6.45, 7) is 5.67. The first-order valence-corrected chi connectivity index (χ1v) is 9.02. The van der Waals surface area contributed by atoms with E-state index in [1.807, 2.05) is 12.1 Å². The quantitative estimate of drug-likeness (QED) is 0.858. The third kappa shape index (κ3) is 2.40. The summed E-state index contributed by atoms with van der Waals surface area (Å²) in [5.74, 6) is 1.62. The van der Waals surface area contributed by atoms with Crippen LogP contribution in [0.2, 0.25) is 0 Å². The molecule has 0 radical (unpaired) electrons. The van der Waals surface area contributed by atoms with Gasteiger partial charge in [0.05, 0.1) is 4.90 Å². The summed E-state index contributed by atoms with van der Waals surface area (Å²) in [7, 11) is -3.29. The number of hydrogen-bond acceptors (Lipinski definition) is 2. The maximum Gasteiger partial charge on any atom is 0.243 e. The molecule has 2 fully saturated rings. The Morgan fingerprint density at radius 2 is 1.60 bits per heavy atom. The lowest BCUT2D eigenvalue weighted by molar-refractivity contribution is 0.445. The Morgan fingerprint density at radius 3 is 2.10 bits per heavy atom. The standard InChI is InChI=1S/C16H23NO2S/c1-12(2)13-6-8-16(9-7-13)20(18,19)17-10-14-4-3-5-15(14)11-17/h6-9,12,14-15H,3-5,10-11H2,1-2H3. The Hall–Kier alpha value is -0.870. The molecule has 2 unspecified atom stereocenters. The van der Waals surface area contributed by atoms with Gasteiger partial charge in [-0.1, -0.05) is 32.4 Å². The molecule has 20 heavy (non-hydrogen) atoms. The lowest BCUT2D eigenvalue weighted by Crippen LogP contribution is -2.29. The van der Waals surface area contributed by atoms with E-state index >= 15 is 0 Å². The third-order valence-corrected chi connectivity index (χ3v) is 6.72. The van der Waals surface area contributed by atoms with Crippen LogP contribution in [0.4, 0.5) is 0 Å². The van der Waals surface area contributed by atoms with Crippen molar-refractivity contribution in [3.63, 3.8) is 0 Å². The van der Waals surface area contributed by atoms with Crippen molar-refractivity contribution in [1.82, 2.24) is 4.31 Å². The highest BCUT2D eigenvalue weighted by Crippen LogP contribution is 2.39. The summed E-state index contributed by atoms with van der Waals surface area (Å²) in [6, 6.07) is 7.40. The molecule has 110 valence electrons. The van der Waals surface area contributed by atoms with Crippen molar-refractivity contribution in [2.24, 2.45) is 11.8 Å². The van der Waals surface area contributed by atoms with Crippen molar-refractivity contribution in [3.05, 3.63) is 29.8 Å². The highest BCUT2D eigenvalue weighted by molar-refractivity contribution is 7.89. The number of rotatable bonds is 3. The van der Waals surface area contributed by atoms with Gasteiger partial charge in [0, 0.05) is 13.1 Å². The lowest BCUT2D eigenvalue weighted by Gasteiger charge is -2.17. The van der Waals surface area contributed by atoms with Gasteiger partial charge in [0.15, 0.2) is 0 Å². The minimum absolute atomic E-state index is 0.429. The average molecular weight is 293 g/mol. The topological polar surface area (TPSA) is 37.4 Å². The maximum atomic E-state index is 12.7. The number of nitrogens with zero attached hydrogens (tertiary/aromatic N) is 1. The van der Waals surface area contributed by atoms with E-state index in [0.29, 0.717) is 22.6 Å². The van der Waals surface area contributed by atoms with E-state index in [-0.39, 0.29) is 0 Å². The number of sulfonamides is 1. The van der Waals surface area contributed by atoms with Gasteiger partial charge in [-0.15, -0.1) is 0 Å². The molecule has 1 saturated heterocycles. The number of benzene rings is 1. The first-order chi connectivity index (χ1) is 9.48. The second-order valence-corrected chi connectivity index (χ2v) is 8.43. The maximum absolute atomic E-state index is 12.7. The van der Waals surface area contributed by atoms with Crippen LogP contribution in [0.3, 0.4) is 0 Å². The van der Waals surface area contributed by atoms with Gasteiger partial charge < -0.3 is 0 Å². The van der Waals surface area contributed by atoms with Gasteiger partial charge in [0.1, 0.15) is 0 Å². The summed E-state index contributed by atoms with van der Waals surface area (Å²) in [5.41, 5.74) is 1.18. The van der Waals surface area contributed by atoms with E-state index in [1.165, 1.54) is 24.8 Å². The molecule has 1 aliphatic heterocycles. The molecule has 3 rings (SSSR count). The smallest absolute Gasteiger partial charge is 0.207 e. The molecule has 2 aliphatic rings. The van der Waals surface area contributed by atoms with Gasteiger partial charge in [-0.05, 0) is 48.3 Å². The van der Waals surface area contributed by atoms with Gasteiger partial charge in [-0.3, -0.25) is 0 Å². The van der Waals surface area contributed by atoms with Crippen LogP contribution in [0, 0.1) is 11.8 Å². The second-order valence-electron chi connectivity index (χ2n) is 6.50. The summed E-state index contributed by atoms with van der Waals surface area (Å²) in [5, 5.41) is 0. The molecule has 1 aromatic rings. The third-order valence-electron chi connectivity index (χ3n) is 4.88. The largest absolute Gasteiger partial charge is 0.243 e. The zero-order valence-corrected chi connectivity index (χ0v) is 13.1. The van der Waals surface area contributed by atoms with Crippen LogP contribution in [0.25, 0.3) is 0 Å². The molecule has 2 atom stereocenters. The molecule has 1 aromatic carbocycles. The Bertz CT molecular complexity index is 565. The van der Waals surface area contributed by atoms with Crippen molar-refractivity contribution in [2.75, 3.05) is 13.1 Å². The van der Waals surface area contributed by atoms with E-state index in [4.69, 9.17) is 0 Å². The minimum Gasteiger partial charge on any atom is -0.207 e. The normalized spacial score (nSPS) is 27.1. The van der Waals surface area contributed by atoms with Crippen molar-refractivity contribution in [1.29, 1.82) is 0 Å². The Morgan fingerprint density at radius 1 is 1.05 bits per heavy atom. The second kappa shape index (κ2) is 5.15. The Balaban J connectivity index is 1.81. The van der Waals surface area contributed by atoms with Crippen LogP contribution >= 0.6 is 0 Å². The van der Waals surface area contributed by atoms with E-state index in [1.54, 1.807) is 16.4 Å². The number of fused-ring (bicyclic) bond motifs is 1. The molecule has 3 nitrogen and oxygen atoms in total. The molecule has 0 N–H and O–H groups in total. The molecule has 0 spiro atoms. The van der Waals surface area contributed by atoms with Gasteiger partial charge in [-0.2, -0.15) is 4.31 Å². The van der Waals surface area contributed by atoms with E-state index < -0.39 is 10.0 Å². The molecule has 4 heteroatoms. The lowest BCUT2D eigenvalue weighted by atomic mass is 10.0. The molecule has 1 saturated carbocycles. The zero-order chi connectivity index (χ0) is 14.3. The molecule has 0 aromatic heterocycles. The molecule has 0 amide bonds. The fourth-order valence-electron chi connectivity index (χ4n) is 3.56. The molecular weight excluding hydrogens is 270 g/mol. The SMILES string of the molecule is CC(C)c1ccc(S(=O)(=O)N2CC3CCCC3C2)cc1. The van der Waals surface area contributed by atoms with Crippen LogP contribution in [-0.2, 0) is 10.0 Å². The van der Waals surface area contributed by atoms with Crippen LogP contribution < -0.4 is 0 Å². The van der Waals surface area contributed by atoms with Crippen molar-refractivity contribution >= 4 is 10.0 Å². The van der Waals surface area contributed by atoms with Crippen LogP contribution in [0.15, 0.2) is 29.2 Å². The highest BCUT2D eigenvalue weighted by Gasteiger charge is 2.41. The molecule has 1 heterocycles. The van der Waals surface area contributed by atoms with Gasteiger partial charge in [-0.25, -0.2) is 8.42 Å².